The highest BCUT2D eigenvalue weighted by molar-refractivity contribution is 9.10. The molecule has 1 unspecified atom stereocenters. The van der Waals surface area contributed by atoms with Crippen molar-refractivity contribution < 1.29 is 14.0 Å². The van der Waals surface area contributed by atoms with Crippen molar-refractivity contribution in [3.05, 3.63) is 27.8 Å². The van der Waals surface area contributed by atoms with Gasteiger partial charge >= 0.3 is 8.25 Å². The molecule has 0 aliphatic rings. The fourth-order valence-electron chi connectivity index (χ4n) is 1.28. The lowest BCUT2D eigenvalue weighted by molar-refractivity contribution is 0.412. The van der Waals surface area contributed by atoms with Gasteiger partial charge in [0, 0.05) is 9.04 Å². The maximum absolute atomic E-state index is 10.6. The number of aromatic amines is 1. The number of fused-ring (bicyclic) bond motifs is 1. The molecule has 2 N–H and O–H groups in total. The van der Waals surface area contributed by atoms with Crippen LogP contribution in [0.5, 0.6) is 5.75 Å². The van der Waals surface area contributed by atoms with Gasteiger partial charge in [0.15, 0.2) is 0 Å². The van der Waals surface area contributed by atoms with Crippen molar-refractivity contribution in [3.63, 3.8) is 0 Å². The van der Waals surface area contributed by atoms with E-state index in [-0.39, 0.29) is 5.75 Å². The molecule has 2 rings (SSSR count). The fourth-order valence-corrected chi connectivity index (χ4v) is 2.18. The van der Waals surface area contributed by atoms with Crippen LogP contribution in [-0.4, -0.2) is 9.88 Å². The molecule has 0 saturated carbocycles. The molecule has 0 aliphatic carbocycles. The maximum atomic E-state index is 10.6. The maximum Gasteiger partial charge on any atom is 0.747 e. The second-order valence-corrected chi connectivity index (χ2v) is 4.66. The zero-order chi connectivity index (χ0) is 11.0. The third-order valence-electron chi connectivity index (χ3n) is 1.88. The zero-order valence-corrected chi connectivity index (χ0v) is 10.4. The second kappa shape index (κ2) is 4.10. The number of rotatable bonds is 2. The Kier molecular flexibility index (Phi) is 2.98. The fraction of sp³-hybridized carbons (Fsp3) is 0. The van der Waals surface area contributed by atoms with Crippen LogP contribution in [0, 0.1) is 0 Å². The first-order valence-corrected chi connectivity index (χ1v) is 6.19. The van der Waals surface area contributed by atoms with Crippen LogP contribution in [0.15, 0.2) is 22.8 Å². The molecule has 1 atom stereocenters. The average Bonchev–Trinajstić information content (AvgIpc) is 2.55. The lowest BCUT2D eigenvalue weighted by Gasteiger charge is -1.97. The zero-order valence-electron chi connectivity index (χ0n) is 7.20. The molecular formula is C8H5BrClNO3P+. The van der Waals surface area contributed by atoms with Crippen molar-refractivity contribution in [2.75, 3.05) is 0 Å². The third kappa shape index (κ3) is 2.01. The molecule has 15 heavy (non-hydrogen) atoms. The van der Waals surface area contributed by atoms with Crippen LogP contribution in [0.25, 0.3) is 10.9 Å². The standard InChI is InChI=1S/C8H4BrClNO3P/c9-4-1-2-5-7(8(4)10)6(3-11-5)14-15(12)13/h1-3,11H/p+1. The predicted octanol–water partition coefficient (Wildman–Crippen LogP) is 3.61. The van der Waals surface area contributed by atoms with Crippen LogP contribution in [-0.2, 0) is 4.57 Å². The molecule has 0 fully saturated rings. The summed E-state index contributed by atoms with van der Waals surface area (Å²) < 4.78 is 16.0. The van der Waals surface area contributed by atoms with Crippen molar-refractivity contribution in [2.45, 2.75) is 0 Å². The van der Waals surface area contributed by atoms with Gasteiger partial charge in [0.25, 0.3) is 0 Å². The molecule has 0 bridgehead atoms. The highest BCUT2D eigenvalue weighted by atomic mass is 79.9. The molecule has 7 heteroatoms. The van der Waals surface area contributed by atoms with Gasteiger partial charge in [-0.15, -0.1) is 4.89 Å². The first-order chi connectivity index (χ1) is 7.09. The van der Waals surface area contributed by atoms with E-state index in [4.69, 9.17) is 21.0 Å². The van der Waals surface area contributed by atoms with E-state index in [0.29, 0.717) is 14.9 Å². The molecule has 0 amide bonds. The summed E-state index contributed by atoms with van der Waals surface area (Å²) >= 11 is 9.30. The first kappa shape index (κ1) is 10.9. The number of halogens is 2. The van der Waals surface area contributed by atoms with Crippen molar-refractivity contribution in [2.24, 2.45) is 0 Å². The Morgan fingerprint density at radius 3 is 2.93 bits per heavy atom. The van der Waals surface area contributed by atoms with Crippen LogP contribution in [0.4, 0.5) is 0 Å². The van der Waals surface area contributed by atoms with Gasteiger partial charge < -0.3 is 4.98 Å². The van der Waals surface area contributed by atoms with Crippen LogP contribution >= 0.6 is 35.8 Å². The predicted molar refractivity (Wildman–Crippen MR) is 61.5 cm³/mol. The minimum atomic E-state index is -2.69. The van der Waals surface area contributed by atoms with Gasteiger partial charge in [-0.05, 0) is 28.1 Å². The Labute approximate surface area is 99.3 Å². The third-order valence-corrected chi connectivity index (χ3v) is 3.51. The van der Waals surface area contributed by atoms with Crippen LogP contribution < -0.4 is 4.52 Å². The van der Waals surface area contributed by atoms with E-state index in [0.717, 1.165) is 5.52 Å². The largest absolute Gasteiger partial charge is 0.747 e. The molecule has 1 aromatic heterocycles. The molecule has 0 aliphatic heterocycles. The Morgan fingerprint density at radius 1 is 1.53 bits per heavy atom. The average molecular weight is 309 g/mol. The second-order valence-electron chi connectivity index (χ2n) is 2.77. The molecule has 0 radical (unpaired) electrons. The Morgan fingerprint density at radius 2 is 2.27 bits per heavy atom. The van der Waals surface area contributed by atoms with E-state index in [1.165, 1.54) is 6.20 Å². The van der Waals surface area contributed by atoms with Gasteiger partial charge in [0.2, 0.25) is 5.75 Å². The lowest BCUT2D eigenvalue weighted by atomic mass is 10.2. The Hall–Kier alpha value is -0.610. The van der Waals surface area contributed by atoms with Gasteiger partial charge in [0.1, 0.15) is 0 Å². The molecule has 4 nitrogen and oxygen atoms in total. The van der Waals surface area contributed by atoms with E-state index in [1.807, 2.05) is 0 Å². The van der Waals surface area contributed by atoms with Crippen molar-refractivity contribution >= 4 is 46.7 Å². The van der Waals surface area contributed by atoms with Crippen LogP contribution in [0.1, 0.15) is 0 Å². The summed E-state index contributed by atoms with van der Waals surface area (Å²) in [5.74, 6) is 0.264. The molecule has 78 valence electrons. The smallest absolute Gasteiger partial charge is 0.358 e. The number of H-pyrrole nitrogens is 1. The number of aromatic nitrogens is 1. The minimum Gasteiger partial charge on any atom is -0.358 e. The quantitative estimate of drug-likeness (QED) is 0.833. The number of hydrogen-bond acceptors (Lipinski definition) is 2. The SMILES string of the molecule is O=[P+](O)Oc1c[nH]c2ccc(Br)c(Cl)c12. The number of nitrogens with one attached hydrogen (secondary N) is 1. The first-order valence-electron chi connectivity index (χ1n) is 3.89. The summed E-state index contributed by atoms with van der Waals surface area (Å²) in [6, 6.07) is 3.58. The highest BCUT2D eigenvalue weighted by Gasteiger charge is 2.20. The summed E-state index contributed by atoms with van der Waals surface area (Å²) in [4.78, 5) is 11.6. The molecule has 1 heterocycles. The molecule has 0 spiro atoms. The van der Waals surface area contributed by atoms with Crippen molar-refractivity contribution in [1.29, 1.82) is 0 Å². The summed E-state index contributed by atoms with van der Waals surface area (Å²) in [7, 11) is -2.69. The highest BCUT2D eigenvalue weighted by Crippen LogP contribution is 2.39. The lowest BCUT2D eigenvalue weighted by Crippen LogP contribution is -1.79. The van der Waals surface area contributed by atoms with Crippen molar-refractivity contribution in [3.8, 4) is 5.75 Å². The molecular weight excluding hydrogens is 304 g/mol. The summed E-state index contributed by atoms with van der Waals surface area (Å²) in [6.45, 7) is 0. The van der Waals surface area contributed by atoms with E-state index in [9.17, 15) is 4.57 Å². The topological polar surface area (TPSA) is 62.3 Å². The molecule has 1 aromatic carbocycles. The normalized spacial score (nSPS) is 11.8. The van der Waals surface area contributed by atoms with Crippen LogP contribution in [0.2, 0.25) is 5.02 Å². The molecule has 2 aromatic rings. The van der Waals surface area contributed by atoms with E-state index in [2.05, 4.69) is 20.9 Å². The van der Waals surface area contributed by atoms with E-state index in [1.54, 1.807) is 12.1 Å². The van der Waals surface area contributed by atoms with Crippen LogP contribution in [0.3, 0.4) is 0 Å². The Bertz CT molecular complexity index is 542. The summed E-state index contributed by atoms with van der Waals surface area (Å²) in [5, 5.41) is 1.03. The molecule has 0 saturated heterocycles. The summed E-state index contributed by atoms with van der Waals surface area (Å²) in [5.41, 5.74) is 0.745. The van der Waals surface area contributed by atoms with E-state index >= 15 is 0 Å². The monoisotopic (exact) mass is 308 g/mol. The van der Waals surface area contributed by atoms with E-state index < -0.39 is 8.25 Å². The van der Waals surface area contributed by atoms with Gasteiger partial charge in [-0.1, -0.05) is 11.6 Å². The van der Waals surface area contributed by atoms with Gasteiger partial charge in [-0.3, -0.25) is 0 Å². The van der Waals surface area contributed by atoms with Crippen molar-refractivity contribution in [1.82, 2.24) is 4.98 Å². The summed E-state index contributed by atoms with van der Waals surface area (Å²) in [6.07, 6.45) is 1.49. The Balaban J connectivity index is 2.66. The minimum absolute atomic E-state index is 0.264. The van der Waals surface area contributed by atoms with Gasteiger partial charge in [-0.25, -0.2) is 4.52 Å². The number of hydrogen-bond donors (Lipinski definition) is 2. The number of benzene rings is 1. The van der Waals surface area contributed by atoms with Gasteiger partial charge in [0.05, 0.1) is 22.1 Å². The van der Waals surface area contributed by atoms with Gasteiger partial charge in [-0.2, -0.15) is 0 Å².